The average molecular weight is 256 g/mol. The van der Waals surface area contributed by atoms with E-state index in [0.29, 0.717) is 5.92 Å². The van der Waals surface area contributed by atoms with Crippen molar-refractivity contribution < 1.29 is 5.11 Å². The van der Waals surface area contributed by atoms with Gasteiger partial charge in [-0.15, -0.1) is 0 Å². The van der Waals surface area contributed by atoms with Gasteiger partial charge in [0.05, 0.1) is 5.60 Å². The molecule has 1 heteroatoms. The summed E-state index contributed by atoms with van der Waals surface area (Å²) in [5.74, 6) is 0.511. The first kappa shape index (κ1) is 12.0. The fraction of sp³-hybridized carbons (Fsp3) is 0.667. The second-order valence-corrected chi connectivity index (χ2v) is 7.17. The van der Waals surface area contributed by atoms with Crippen molar-refractivity contribution in [1.29, 1.82) is 0 Å². The molecule has 3 aliphatic carbocycles. The van der Waals surface area contributed by atoms with E-state index in [0.717, 1.165) is 12.8 Å². The van der Waals surface area contributed by atoms with Crippen molar-refractivity contribution in [2.75, 3.05) is 0 Å². The minimum Gasteiger partial charge on any atom is -0.389 e. The molecule has 3 unspecified atom stereocenters. The van der Waals surface area contributed by atoms with Crippen LogP contribution in [0.25, 0.3) is 0 Å². The standard InChI is InChI=1S/C18H24O/c1-13-6-7-14-12-15-5-4-9-17(16(14)11-13)8-2-3-10-18(15,17)19/h6-7,11,15,19H,2-5,8-10,12H2,1H3. The van der Waals surface area contributed by atoms with Gasteiger partial charge in [0.25, 0.3) is 0 Å². The second-order valence-electron chi connectivity index (χ2n) is 7.17. The zero-order valence-electron chi connectivity index (χ0n) is 11.9. The molecular formula is C18H24O. The summed E-state index contributed by atoms with van der Waals surface area (Å²) in [6.45, 7) is 2.19. The average Bonchev–Trinajstić information content (AvgIpc) is 2.39. The Balaban J connectivity index is 1.97. The fourth-order valence-electron chi connectivity index (χ4n) is 5.46. The number of aryl methyl sites for hydroxylation is 1. The monoisotopic (exact) mass is 256 g/mol. The van der Waals surface area contributed by atoms with Crippen LogP contribution in [-0.4, -0.2) is 10.7 Å². The van der Waals surface area contributed by atoms with Crippen LogP contribution in [0.5, 0.6) is 0 Å². The summed E-state index contributed by atoms with van der Waals surface area (Å²) in [5, 5.41) is 11.5. The molecule has 3 atom stereocenters. The molecule has 19 heavy (non-hydrogen) atoms. The van der Waals surface area contributed by atoms with E-state index in [2.05, 4.69) is 25.1 Å². The Bertz CT molecular complexity index is 516. The topological polar surface area (TPSA) is 20.2 Å². The van der Waals surface area contributed by atoms with E-state index in [-0.39, 0.29) is 5.41 Å². The van der Waals surface area contributed by atoms with Crippen LogP contribution in [0.1, 0.15) is 61.6 Å². The van der Waals surface area contributed by atoms with E-state index < -0.39 is 5.60 Å². The van der Waals surface area contributed by atoms with Crippen LogP contribution in [0.4, 0.5) is 0 Å². The number of aliphatic hydroxyl groups is 1. The van der Waals surface area contributed by atoms with Crippen molar-refractivity contribution >= 4 is 0 Å². The van der Waals surface area contributed by atoms with E-state index >= 15 is 0 Å². The summed E-state index contributed by atoms with van der Waals surface area (Å²) in [5.41, 5.74) is 4.08. The van der Waals surface area contributed by atoms with Crippen LogP contribution in [0.3, 0.4) is 0 Å². The fourth-order valence-corrected chi connectivity index (χ4v) is 5.46. The van der Waals surface area contributed by atoms with Crippen molar-refractivity contribution in [1.82, 2.24) is 0 Å². The molecule has 2 bridgehead atoms. The molecule has 1 aromatic carbocycles. The molecule has 0 spiro atoms. The highest BCUT2D eigenvalue weighted by molar-refractivity contribution is 5.45. The number of fused-ring (bicyclic) bond motifs is 1. The molecular weight excluding hydrogens is 232 g/mol. The van der Waals surface area contributed by atoms with Gasteiger partial charge in [-0.25, -0.2) is 0 Å². The van der Waals surface area contributed by atoms with Crippen molar-refractivity contribution in [3.8, 4) is 0 Å². The number of hydrogen-bond donors (Lipinski definition) is 1. The Morgan fingerprint density at radius 2 is 1.89 bits per heavy atom. The molecule has 0 radical (unpaired) electrons. The lowest BCUT2D eigenvalue weighted by Gasteiger charge is -2.61. The third-order valence-electron chi connectivity index (χ3n) is 6.32. The van der Waals surface area contributed by atoms with Gasteiger partial charge in [0.2, 0.25) is 0 Å². The molecule has 2 saturated carbocycles. The lowest BCUT2D eigenvalue weighted by molar-refractivity contribution is -0.145. The molecule has 0 amide bonds. The van der Waals surface area contributed by atoms with E-state index in [4.69, 9.17) is 0 Å². The number of rotatable bonds is 0. The van der Waals surface area contributed by atoms with Gasteiger partial charge in [-0.3, -0.25) is 0 Å². The van der Waals surface area contributed by atoms with Crippen molar-refractivity contribution in [2.45, 2.75) is 69.3 Å². The summed E-state index contributed by atoms with van der Waals surface area (Å²) in [4.78, 5) is 0. The third kappa shape index (κ3) is 1.40. The molecule has 1 nitrogen and oxygen atoms in total. The first-order valence-corrected chi connectivity index (χ1v) is 7.98. The molecule has 0 aromatic heterocycles. The highest BCUT2D eigenvalue weighted by Gasteiger charge is 2.60. The Morgan fingerprint density at radius 1 is 1.11 bits per heavy atom. The van der Waals surface area contributed by atoms with E-state index in [1.165, 1.54) is 55.2 Å². The summed E-state index contributed by atoms with van der Waals surface area (Å²) in [7, 11) is 0. The van der Waals surface area contributed by atoms with Gasteiger partial charge in [-0.2, -0.15) is 0 Å². The molecule has 0 aliphatic heterocycles. The normalized spacial score (nSPS) is 40.4. The SMILES string of the molecule is Cc1ccc2c(c1)C13CCCCC1(O)C(CCC3)C2. The summed E-state index contributed by atoms with van der Waals surface area (Å²) in [6.07, 6.45) is 9.59. The smallest absolute Gasteiger partial charge is 0.0775 e. The Labute approximate surface area is 116 Å². The van der Waals surface area contributed by atoms with Gasteiger partial charge >= 0.3 is 0 Å². The summed E-state index contributed by atoms with van der Waals surface area (Å²) in [6, 6.07) is 6.96. The van der Waals surface area contributed by atoms with Crippen LogP contribution in [0.15, 0.2) is 18.2 Å². The van der Waals surface area contributed by atoms with Crippen LogP contribution in [0, 0.1) is 12.8 Å². The maximum absolute atomic E-state index is 11.5. The maximum Gasteiger partial charge on any atom is 0.0775 e. The Hall–Kier alpha value is -0.820. The van der Waals surface area contributed by atoms with E-state index in [1.54, 1.807) is 0 Å². The lowest BCUT2D eigenvalue weighted by Crippen LogP contribution is -2.63. The number of hydrogen-bond acceptors (Lipinski definition) is 1. The predicted octanol–water partition coefficient (Wildman–Crippen LogP) is 3.89. The van der Waals surface area contributed by atoms with Crippen molar-refractivity contribution in [3.63, 3.8) is 0 Å². The van der Waals surface area contributed by atoms with Gasteiger partial charge in [0.1, 0.15) is 0 Å². The predicted molar refractivity (Wildman–Crippen MR) is 77.3 cm³/mol. The van der Waals surface area contributed by atoms with Gasteiger partial charge in [0, 0.05) is 5.41 Å². The van der Waals surface area contributed by atoms with Crippen LogP contribution in [-0.2, 0) is 11.8 Å². The summed E-state index contributed by atoms with van der Waals surface area (Å²) >= 11 is 0. The highest BCUT2D eigenvalue weighted by Crippen LogP contribution is 2.60. The zero-order valence-corrected chi connectivity index (χ0v) is 11.9. The molecule has 102 valence electrons. The summed E-state index contributed by atoms with van der Waals surface area (Å²) < 4.78 is 0. The Morgan fingerprint density at radius 3 is 2.79 bits per heavy atom. The van der Waals surface area contributed by atoms with Gasteiger partial charge in [0.15, 0.2) is 0 Å². The van der Waals surface area contributed by atoms with Crippen LogP contribution in [0.2, 0.25) is 0 Å². The van der Waals surface area contributed by atoms with Gasteiger partial charge in [-0.05, 0) is 56.1 Å². The van der Waals surface area contributed by atoms with E-state index in [1.807, 2.05) is 0 Å². The van der Waals surface area contributed by atoms with Gasteiger partial charge in [-0.1, -0.05) is 43.0 Å². The van der Waals surface area contributed by atoms with E-state index in [9.17, 15) is 5.11 Å². The quantitative estimate of drug-likeness (QED) is 0.746. The molecule has 2 fully saturated rings. The molecule has 0 saturated heterocycles. The lowest BCUT2D eigenvalue weighted by atomic mass is 9.46. The third-order valence-corrected chi connectivity index (χ3v) is 6.32. The minimum atomic E-state index is -0.399. The first-order valence-electron chi connectivity index (χ1n) is 7.98. The second kappa shape index (κ2) is 3.85. The highest BCUT2D eigenvalue weighted by atomic mass is 16.3. The van der Waals surface area contributed by atoms with Crippen LogP contribution >= 0.6 is 0 Å². The van der Waals surface area contributed by atoms with Crippen molar-refractivity contribution in [2.24, 2.45) is 5.92 Å². The largest absolute Gasteiger partial charge is 0.389 e. The van der Waals surface area contributed by atoms with Crippen molar-refractivity contribution in [3.05, 3.63) is 34.9 Å². The molecule has 4 rings (SSSR count). The number of benzene rings is 1. The first-order chi connectivity index (χ1) is 9.16. The molecule has 3 aliphatic rings. The molecule has 0 heterocycles. The minimum absolute atomic E-state index is 0.0910. The van der Waals surface area contributed by atoms with Crippen LogP contribution < -0.4 is 0 Å². The zero-order chi connectivity index (χ0) is 13.1. The maximum atomic E-state index is 11.5. The molecule has 1 N–H and O–H groups in total. The Kier molecular flexibility index (Phi) is 2.42. The molecule has 1 aromatic rings. The van der Waals surface area contributed by atoms with Gasteiger partial charge < -0.3 is 5.11 Å².